The highest BCUT2D eigenvalue weighted by Gasteiger charge is 1.99. The SMILES string of the molecule is Fc1ccc(NC(=S)N/N=C/c2ccc(Oc3ccc(Br)cc3)cc2)cc1. The third-order valence-corrected chi connectivity index (χ3v) is 4.13. The number of rotatable bonds is 5. The molecule has 0 radical (unpaired) electrons. The van der Waals surface area contributed by atoms with Crippen LogP contribution >= 0.6 is 28.1 Å². The quantitative estimate of drug-likeness (QED) is 0.301. The minimum Gasteiger partial charge on any atom is -0.457 e. The van der Waals surface area contributed by atoms with E-state index in [0.29, 0.717) is 10.8 Å². The van der Waals surface area contributed by atoms with Gasteiger partial charge in [-0.25, -0.2) is 4.39 Å². The van der Waals surface area contributed by atoms with Gasteiger partial charge in [-0.3, -0.25) is 5.43 Å². The number of halogens is 2. The molecule has 0 spiro atoms. The average molecular weight is 444 g/mol. The molecule has 0 bridgehead atoms. The van der Waals surface area contributed by atoms with Crippen LogP contribution in [0.4, 0.5) is 10.1 Å². The smallest absolute Gasteiger partial charge is 0.191 e. The highest BCUT2D eigenvalue weighted by molar-refractivity contribution is 9.10. The van der Waals surface area contributed by atoms with E-state index >= 15 is 0 Å². The molecule has 0 fully saturated rings. The van der Waals surface area contributed by atoms with E-state index < -0.39 is 0 Å². The van der Waals surface area contributed by atoms with Crippen molar-refractivity contribution in [3.05, 3.63) is 88.6 Å². The molecule has 0 saturated carbocycles. The number of ether oxygens (including phenoxy) is 1. The number of anilines is 1. The van der Waals surface area contributed by atoms with Crippen molar-refractivity contribution in [3.8, 4) is 11.5 Å². The van der Waals surface area contributed by atoms with Gasteiger partial charge in [0.05, 0.1) is 6.21 Å². The molecule has 3 aromatic rings. The third-order valence-electron chi connectivity index (χ3n) is 3.41. The largest absolute Gasteiger partial charge is 0.457 e. The molecule has 0 atom stereocenters. The predicted molar refractivity (Wildman–Crippen MR) is 114 cm³/mol. The standard InChI is InChI=1S/C20H15BrFN3OS/c21-15-3-11-19(12-4-15)26-18-9-1-14(2-10-18)13-23-25-20(27)24-17-7-5-16(22)6-8-17/h1-13H,(H2,24,25,27)/b23-13+. The van der Waals surface area contributed by atoms with Gasteiger partial charge >= 0.3 is 0 Å². The molecule has 0 aliphatic rings. The zero-order valence-corrected chi connectivity index (χ0v) is 16.4. The van der Waals surface area contributed by atoms with E-state index in [4.69, 9.17) is 17.0 Å². The van der Waals surface area contributed by atoms with Gasteiger partial charge in [-0.1, -0.05) is 15.9 Å². The molecule has 0 heterocycles. The average Bonchev–Trinajstić information content (AvgIpc) is 2.67. The number of nitrogens with one attached hydrogen (secondary N) is 2. The van der Waals surface area contributed by atoms with E-state index in [1.54, 1.807) is 18.3 Å². The van der Waals surface area contributed by atoms with Gasteiger partial charge in [-0.05, 0) is 90.6 Å². The Morgan fingerprint density at radius 1 is 0.926 bits per heavy atom. The first-order chi connectivity index (χ1) is 13.1. The van der Waals surface area contributed by atoms with Crippen LogP contribution in [-0.2, 0) is 0 Å². The first-order valence-corrected chi connectivity index (χ1v) is 9.18. The van der Waals surface area contributed by atoms with E-state index in [0.717, 1.165) is 21.5 Å². The van der Waals surface area contributed by atoms with Crippen LogP contribution in [0.2, 0.25) is 0 Å². The Labute approximate surface area is 170 Å². The third kappa shape index (κ3) is 6.16. The minimum atomic E-state index is -0.301. The lowest BCUT2D eigenvalue weighted by molar-refractivity contribution is 0.482. The molecule has 0 amide bonds. The van der Waals surface area contributed by atoms with Crippen molar-refractivity contribution in [2.45, 2.75) is 0 Å². The number of benzene rings is 3. The summed E-state index contributed by atoms with van der Waals surface area (Å²) in [6, 6.07) is 21.0. The lowest BCUT2D eigenvalue weighted by Crippen LogP contribution is -2.23. The van der Waals surface area contributed by atoms with Crippen LogP contribution in [0.5, 0.6) is 11.5 Å². The maximum absolute atomic E-state index is 12.9. The van der Waals surface area contributed by atoms with Gasteiger partial charge in [-0.2, -0.15) is 5.10 Å². The second-order valence-electron chi connectivity index (χ2n) is 5.46. The molecule has 0 saturated heterocycles. The Bertz CT molecular complexity index is 929. The molecule has 0 aromatic heterocycles. The van der Waals surface area contributed by atoms with Crippen LogP contribution in [0.25, 0.3) is 0 Å². The molecule has 27 heavy (non-hydrogen) atoms. The summed E-state index contributed by atoms with van der Waals surface area (Å²) in [6.45, 7) is 0. The van der Waals surface area contributed by atoms with Crippen LogP contribution < -0.4 is 15.5 Å². The summed E-state index contributed by atoms with van der Waals surface area (Å²) < 4.78 is 19.6. The summed E-state index contributed by atoms with van der Waals surface area (Å²) in [5.74, 6) is 1.19. The number of thiocarbonyl (C=S) groups is 1. The molecule has 2 N–H and O–H groups in total. The Morgan fingerprint density at radius 3 is 2.15 bits per heavy atom. The topological polar surface area (TPSA) is 45.7 Å². The van der Waals surface area contributed by atoms with Crippen molar-refractivity contribution < 1.29 is 9.13 Å². The van der Waals surface area contributed by atoms with Crippen molar-refractivity contribution in [2.75, 3.05) is 5.32 Å². The molecule has 0 aliphatic heterocycles. The molecule has 4 nitrogen and oxygen atoms in total. The molecule has 0 aliphatic carbocycles. The van der Waals surface area contributed by atoms with Crippen molar-refractivity contribution in [3.63, 3.8) is 0 Å². The first kappa shape index (κ1) is 19.0. The second-order valence-corrected chi connectivity index (χ2v) is 6.78. The summed E-state index contributed by atoms with van der Waals surface area (Å²) in [5, 5.41) is 7.31. The maximum atomic E-state index is 12.9. The summed E-state index contributed by atoms with van der Waals surface area (Å²) in [4.78, 5) is 0. The number of hydrogen-bond donors (Lipinski definition) is 2. The zero-order chi connectivity index (χ0) is 19.1. The molecular weight excluding hydrogens is 429 g/mol. The highest BCUT2D eigenvalue weighted by Crippen LogP contribution is 2.23. The van der Waals surface area contributed by atoms with E-state index in [-0.39, 0.29) is 5.82 Å². The number of nitrogens with zero attached hydrogens (tertiary/aromatic N) is 1. The fraction of sp³-hybridized carbons (Fsp3) is 0. The van der Waals surface area contributed by atoms with Crippen LogP contribution in [-0.4, -0.2) is 11.3 Å². The minimum absolute atomic E-state index is 0.301. The Balaban J connectivity index is 1.50. The van der Waals surface area contributed by atoms with Crippen LogP contribution in [0.15, 0.2) is 82.4 Å². The molecular formula is C20H15BrFN3OS. The number of hydrogen-bond acceptors (Lipinski definition) is 3. The molecule has 3 aromatic carbocycles. The molecule has 3 rings (SSSR count). The lowest BCUT2D eigenvalue weighted by Gasteiger charge is -2.07. The van der Waals surface area contributed by atoms with E-state index in [2.05, 4.69) is 31.8 Å². The molecule has 7 heteroatoms. The Kier molecular flexibility index (Phi) is 6.51. The van der Waals surface area contributed by atoms with Crippen molar-refractivity contribution in [1.82, 2.24) is 5.43 Å². The van der Waals surface area contributed by atoms with Crippen molar-refractivity contribution in [2.24, 2.45) is 5.10 Å². The normalized spacial score (nSPS) is 10.6. The maximum Gasteiger partial charge on any atom is 0.191 e. The number of hydrazone groups is 1. The summed E-state index contributed by atoms with van der Waals surface area (Å²) >= 11 is 8.53. The Morgan fingerprint density at radius 2 is 1.52 bits per heavy atom. The van der Waals surface area contributed by atoms with Crippen LogP contribution in [0, 0.1) is 5.82 Å². The highest BCUT2D eigenvalue weighted by atomic mass is 79.9. The molecule has 136 valence electrons. The second kappa shape index (κ2) is 9.25. The van der Waals surface area contributed by atoms with Gasteiger partial charge in [0.1, 0.15) is 17.3 Å². The first-order valence-electron chi connectivity index (χ1n) is 7.97. The van der Waals surface area contributed by atoms with Crippen LogP contribution in [0.3, 0.4) is 0 Å². The van der Waals surface area contributed by atoms with Gasteiger partial charge in [0.2, 0.25) is 0 Å². The van der Waals surface area contributed by atoms with Crippen LogP contribution in [0.1, 0.15) is 5.56 Å². The van der Waals surface area contributed by atoms with E-state index in [1.165, 1.54) is 12.1 Å². The Hall–Kier alpha value is -2.77. The summed E-state index contributed by atoms with van der Waals surface area (Å²) in [7, 11) is 0. The summed E-state index contributed by atoms with van der Waals surface area (Å²) in [6.07, 6.45) is 1.64. The van der Waals surface area contributed by atoms with Gasteiger partial charge < -0.3 is 10.1 Å². The predicted octanol–water partition coefficient (Wildman–Crippen LogP) is 5.70. The molecule has 0 unspecified atom stereocenters. The fourth-order valence-electron chi connectivity index (χ4n) is 2.12. The van der Waals surface area contributed by atoms with Gasteiger partial charge in [0.15, 0.2) is 5.11 Å². The van der Waals surface area contributed by atoms with Crippen molar-refractivity contribution in [1.29, 1.82) is 0 Å². The van der Waals surface area contributed by atoms with E-state index in [1.807, 2.05) is 48.5 Å². The van der Waals surface area contributed by atoms with Gasteiger partial charge in [0.25, 0.3) is 0 Å². The van der Waals surface area contributed by atoms with Gasteiger partial charge in [-0.15, -0.1) is 0 Å². The van der Waals surface area contributed by atoms with Gasteiger partial charge in [0, 0.05) is 10.2 Å². The summed E-state index contributed by atoms with van der Waals surface area (Å²) in [5.41, 5.74) is 4.28. The monoisotopic (exact) mass is 443 g/mol. The van der Waals surface area contributed by atoms with Crippen molar-refractivity contribution >= 4 is 45.2 Å². The fourth-order valence-corrected chi connectivity index (χ4v) is 2.55. The lowest BCUT2D eigenvalue weighted by atomic mass is 10.2. The van der Waals surface area contributed by atoms with E-state index in [9.17, 15) is 4.39 Å². The zero-order valence-electron chi connectivity index (χ0n) is 14.0.